The summed E-state index contributed by atoms with van der Waals surface area (Å²) in [7, 11) is 0. The summed E-state index contributed by atoms with van der Waals surface area (Å²) in [6.07, 6.45) is 1.77. The van der Waals surface area contributed by atoms with E-state index in [9.17, 15) is 4.79 Å². The number of anilines is 1. The molecule has 1 aromatic heterocycles. The Morgan fingerprint density at radius 1 is 1.22 bits per heavy atom. The zero-order valence-corrected chi connectivity index (χ0v) is 15.1. The van der Waals surface area contributed by atoms with Crippen LogP contribution in [0.1, 0.15) is 30.2 Å². The van der Waals surface area contributed by atoms with Crippen LogP contribution in [0.5, 0.6) is 0 Å². The fourth-order valence-electron chi connectivity index (χ4n) is 2.33. The van der Waals surface area contributed by atoms with E-state index < -0.39 is 0 Å². The summed E-state index contributed by atoms with van der Waals surface area (Å²) in [5.41, 5.74) is 2.45. The Bertz CT molecular complexity index is 793. The van der Waals surface area contributed by atoms with Gasteiger partial charge in [0.1, 0.15) is 5.70 Å². The molecule has 3 rings (SSSR count). The minimum absolute atomic E-state index is 0.156. The fourth-order valence-corrected chi connectivity index (χ4v) is 3.63. The number of thiocarbonyl (C=S) groups is 1. The van der Waals surface area contributed by atoms with E-state index in [-0.39, 0.29) is 5.91 Å². The summed E-state index contributed by atoms with van der Waals surface area (Å²) >= 11 is 12.7. The first-order valence-electron chi connectivity index (χ1n) is 7.18. The van der Waals surface area contributed by atoms with Crippen LogP contribution < -0.4 is 10.2 Å². The zero-order valence-electron chi connectivity index (χ0n) is 12.7. The molecule has 0 unspecified atom stereocenters. The summed E-state index contributed by atoms with van der Waals surface area (Å²) in [4.78, 5) is 15.0. The van der Waals surface area contributed by atoms with E-state index in [4.69, 9.17) is 23.8 Å². The van der Waals surface area contributed by atoms with Crippen molar-refractivity contribution in [1.29, 1.82) is 0 Å². The van der Waals surface area contributed by atoms with E-state index in [0.29, 0.717) is 21.1 Å². The second-order valence-electron chi connectivity index (χ2n) is 5.52. The first kappa shape index (κ1) is 16.2. The Balaban J connectivity index is 1.88. The molecule has 3 nitrogen and oxygen atoms in total. The summed E-state index contributed by atoms with van der Waals surface area (Å²) in [6, 6.07) is 11.6. The number of halogens is 1. The molecular weight excluding hydrogens is 348 g/mol. The van der Waals surface area contributed by atoms with Gasteiger partial charge in [-0.05, 0) is 54.0 Å². The Labute approximate surface area is 149 Å². The molecule has 0 aliphatic carbocycles. The van der Waals surface area contributed by atoms with Crippen LogP contribution in [0, 0.1) is 0 Å². The van der Waals surface area contributed by atoms with Gasteiger partial charge in [-0.1, -0.05) is 37.6 Å². The van der Waals surface area contributed by atoms with E-state index in [2.05, 4.69) is 19.2 Å². The highest BCUT2D eigenvalue weighted by Gasteiger charge is 2.32. The van der Waals surface area contributed by atoms with E-state index in [1.165, 1.54) is 21.8 Å². The second kappa shape index (κ2) is 6.43. The van der Waals surface area contributed by atoms with Gasteiger partial charge in [0, 0.05) is 4.88 Å². The van der Waals surface area contributed by atoms with Crippen LogP contribution in [-0.4, -0.2) is 11.0 Å². The van der Waals surface area contributed by atoms with Crippen molar-refractivity contribution in [2.45, 2.75) is 19.8 Å². The molecule has 6 heteroatoms. The quantitative estimate of drug-likeness (QED) is 0.629. The van der Waals surface area contributed by atoms with Gasteiger partial charge in [-0.3, -0.25) is 9.69 Å². The van der Waals surface area contributed by atoms with Crippen LogP contribution in [0.2, 0.25) is 4.34 Å². The molecule has 1 saturated heterocycles. The van der Waals surface area contributed by atoms with Gasteiger partial charge >= 0.3 is 0 Å². The minimum Gasteiger partial charge on any atom is -0.327 e. The van der Waals surface area contributed by atoms with Crippen molar-refractivity contribution in [3.63, 3.8) is 0 Å². The minimum atomic E-state index is -0.156. The maximum atomic E-state index is 12.6. The standard InChI is InChI=1S/C17H15ClN2OS2/c1-10(2)11-3-5-12(6-4-11)20-16(21)14(19-17(20)22)9-13-7-8-15(18)23-13/h3-10H,1-2H3,(H,19,22)/b14-9+. The monoisotopic (exact) mass is 362 g/mol. The van der Waals surface area contributed by atoms with Gasteiger partial charge in [-0.15, -0.1) is 11.3 Å². The number of amides is 1. The highest BCUT2D eigenvalue weighted by molar-refractivity contribution is 7.80. The normalized spacial score (nSPS) is 16.5. The molecular formula is C17H15ClN2OS2. The molecule has 0 radical (unpaired) electrons. The Hall–Kier alpha value is -1.69. The van der Waals surface area contributed by atoms with E-state index in [0.717, 1.165) is 10.6 Å². The number of benzene rings is 1. The number of hydrogen-bond donors (Lipinski definition) is 1. The predicted molar refractivity (Wildman–Crippen MR) is 101 cm³/mol. The number of rotatable bonds is 3. The Morgan fingerprint density at radius 2 is 1.91 bits per heavy atom. The molecule has 118 valence electrons. The summed E-state index contributed by atoms with van der Waals surface area (Å²) in [6.45, 7) is 4.27. The van der Waals surface area contributed by atoms with Crippen LogP contribution >= 0.6 is 35.2 Å². The molecule has 0 bridgehead atoms. The average Bonchev–Trinajstić information content (AvgIpc) is 3.03. The maximum absolute atomic E-state index is 12.6. The maximum Gasteiger partial charge on any atom is 0.281 e. The van der Waals surface area contributed by atoms with E-state index in [1.54, 1.807) is 12.1 Å². The van der Waals surface area contributed by atoms with Gasteiger partial charge < -0.3 is 5.32 Å². The third-order valence-corrected chi connectivity index (χ3v) is 5.04. The van der Waals surface area contributed by atoms with Crippen molar-refractivity contribution in [3.05, 3.63) is 56.9 Å². The van der Waals surface area contributed by atoms with Crippen molar-refractivity contribution in [3.8, 4) is 0 Å². The number of thiophene rings is 1. The summed E-state index contributed by atoms with van der Waals surface area (Å²) < 4.78 is 0.686. The zero-order chi connectivity index (χ0) is 16.6. The molecule has 0 atom stereocenters. The molecule has 23 heavy (non-hydrogen) atoms. The van der Waals surface area contributed by atoms with Gasteiger partial charge in [0.05, 0.1) is 10.0 Å². The number of nitrogens with one attached hydrogen (secondary N) is 1. The first-order valence-corrected chi connectivity index (χ1v) is 8.78. The van der Waals surface area contributed by atoms with Gasteiger partial charge in [0.25, 0.3) is 5.91 Å². The summed E-state index contributed by atoms with van der Waals surface area (Å²) in [5.74, 6) is 0.291. The highest BCUT2D eigenvalue weighted by atomic mass is 35.5. The van der Waals surface area contributed by atoms with Crippen LogP contribution in [0.4, 0.5) is 5.69 Å². The molecule has 1 fully saturated rings. The third-order valence-electron chi connectivity index (χ3n) is 3.58. The van der Waals surface area contributed by atoms with Crippen LogP contribution in [0.25, 0.3) is 6.08 Å². The summed E-state index contributed by atoms with van der Waals surface area (Å²) in [5, 5.41) is 3.37. The lowest BCUT2D eigenvalue weighted by Crippen LogP contribution is -2.30. The first-order chi connectivity index (χ1) is 11.0. The third kappa shape index (κ3) is 3.32. The Kier molecular flexibility index (Phi) is 4.53. The molecule has 1 amide bonds. The largest absolute Gasteiger partial charge is 0.327 e. The number of carbonyl (C=O) groups excluding carboxylic acids is 1. The molecule has 2 aromatic rings. The Morgan fingerprint density at radius 3 is 2.48 bits per heavy atom. The highest BCUT2D eigenvalue weighted by Crippen LogP contribution is 2.27. The van der Waals surface area contributed by atoms with Crippen molar-refractivity contribution in [2.75, 3.05) is 4.90 Å². The van der Waals surface area contributed by atoms with Gasteiger partial charge in [-0.25, -0.2) is 0 Å². The number of hydrogen-bond acceptors (Lipinski definition) is 3. The molecule has 1 N–H and O–H groups in total. The molecule has 0 saturated carbocycles. The van der Waals surface area contributed by atoms with Crippen LogP contribution in [0.15, 0.2) is 42.1 Å². The second-order valence-corrected chi connectivity index (χ2v) is 7.65. The molecule has 1 aliphatic heterocycles. The smallest absolute Gasteiger partial charge is 0.281 e. The lowest BCUT2D eigenvalue weighted by atomic mass is 10.0. The SMILES string of the molecule is CC(C)c1ccc(N2C(=O)/C(=C\c3ccc(Cl)s3)NC2=S)cc1. The molecule has 1 aromatic carbocycles. The van der Waals surface area contributed by atoms with Gasteiger partial charge in [0.15, 0.2) is 5.11 Å². The van der Waals surface area contributed by atoms with Crippen LogP contribution in [0.3, 0.4) is 0 Å². The van der Waals surface area contributed by atoms with Crippen molar-refractivity contribution in [1.82, 2.24) is 5.32 Å². The fraction of sp³-hybridized carbons (Fsp3) is 0.176. The average molecular weight is 363 g/mol. The molecule has 2 heterocycles. The molecule has 0 spiro atoms. The van der Waals surface area contributed by atoms with Gasteiger partial charge in [-0.2, -0.15) is 0 Å². The van der Waals surface area contributed by atoms with E-state index in [1.807, 2.05) is 30.3 Å². The van der Waals surface area contributed by atoms with Crippen molar-refractivity contribution < 1.29 is 4.79 Å². The van der Waals surface area contributed by atoms with Crippen LogP contribution in [-0.2, 0) is 4.79 Å². The topological polar surface area (TPSA) is 32.3 Å². The number of carbonyl (C=O) groups is 1. The van der Waals surface area contributed by atoms with Gasteiger partial charge in [0.2, 0.25) is 0 Å². The lowest BCUT2D eigenvalue weighted by Gasteiger charge is -2.15. The van der Waals surface area contributed by atoms with Crippen molar-refractivity contribution >= 4 is 57.9 Å². The number of nitrogens with zero attached hydrogens (tertiary/aromatic N) is 1. The lowest BCUT2D eigenvalue weighted by molar-refractivity contribution is -0.113. The molecule has 1 aliphatic rings. The van der Waals surface area contributed by atoms with E-state index >= 15 is 0 Å². The van der Waals surface area contributed by atoms with Crippen molar-refractivity contribution in [2.24, 2.45) is 0 Å². The predicted octanol–water partition coefficient (Wildman–Crippen LogP) is 4.79.